The molecule has 5 heteroatoms. The number of fused-ring (bicyclic) bond motifs is 3. The van der Waals surface area contributed by atoms with Gasteiger partial charge in [-0.3, -0.25) is 4.90 Å². The van der Waals surface area contributed by atoms with E-state index in [0.717, 1.165) is 42.5 Å². The van der Waals surface area contributed by atoms with E-state index in [4.69, 9.17) is 4.74 Å². The van der Waals surface area contributed by atoms with Crippen LogP contribution < -0.4 is 4.90 Å². The van der Waals surface area contributed by atoms with Crippen molar-refractivity contribution < 1.29 is 18.4 Å². The van der Waals surface area contributed by atoms with E-state index in [2.05, 4.69) is 7.05 Å². The van der Waals surface area contributed by atoms with Crippen LogP contribution in [0.4, 0.5) is 14.9 Å². The van der Waals surface area contributed by atoms with E-state index in [1.807, 2.05) is 30.3 Å². The minimum Gasteiger partial charge on any atom is -0.440 e. The number of rotatable bonds is 4. The Morgan fingerprint density at radius 2 is 1.78 bits per heavy atom. The molecule has 0 aliphatic carbocycles. The molecule has 1 amide bonds. The van der Waals surface area contributed by atoms with Crippen molar-refractivity contribution in [1.29, 1.82) is 0 Å². The van der Waals surface area contributed by atoms with Crippen LogP contribution in [-0.2, 0) is 11.3 Å². The highest BCUT2D eigenvalue weighted by Crippen LogP contribution is 2.34. The van der Waals surface area contributed by atoms with E-state index in [-0.39, 0.29) is 18.3 Å². The molecule has 0 radical (unpaired) electrons. The van der Waals surface area contributed by atoms with Gasteiger partial charge in [0.1, 0.15) is 12.4 Å². The maximum absolute atomic E-state index is 14.4. The fraction of sp³-hybridized carbons (Fsp3) is 0.409. The highest BCUT2D eigenvalue weighted by atomic mass is 19.1. The first-order valence-electron chi connectivity index (χ1n) is 9.64. The van der Waals surface area contributed by atoms with Gasteiger partial charge in [-0.1, -0.05) is 42.5 Å². The molecular weight excluding hydrogens is 343 g/mol. The van der Waals surface area contributed by atoms with Gasteiger partial charge in [0, 0.05) is 18.8 Å². The van der Waals surface area contributed by atoms with Crippen LogP contribution >= 0.6 is 0 Å². The minimum absolute atomic E-state index is 0.0879. The molecule has 1 atom stereocenters. The number of para-hydroxylation sites is 1. The summed E-state index contributed by atoms with van der Waals surface area (Å²) in [6, 6.07) is 16.0. The smallest absolute Gasteiger partial charge is 0.415 e. The van der Waals surface area contributed by atoms with Crippen molar-refractivity contribution >= 4 is 11.8 Å². The second-order valence-corrected chi connectivity index (χ2v) is 8.03. The van der Waals surface area contributed by atoms with Gasteiger partial charge < -0.3 is 9.22 Å². The summed E-state index contributed by atoms with van der Waals surface area (Å²) in [5, 5.41) is 0. The molecule has 3 aliphatic heterocycles. The van der Waals surface area contributed by atoms with Crippen LogP contribution in [0.2, 0.25) is 0 Å². The lowest BCUT2D eigenvalue weighted by Crippen LogP contribution is -2.62. The number of nitrogens with zero attached hydrogens (tertiary/aromatic N) is 2. The van der Waals surface area contributed by atoms with Gasteiger partial charge >= 0.3 is 6.09 Å². The molecule has 2 aromatic rings. The molecule has 3 heterocycles. The molecule has 142 valence electrons. The molecule has 3 fully saturated rings. The molecule has 2 bridgehead atoms. The molecule has 0 aromatic heterocycles. The average Bonchev–Trinajstić information content (AvgIpc) is 2.68. The first-order valence-corrected chi connectivity index (χ1v) is 9.64. The molecule has 2 aromatic carbocycles. The number of halogens is 1. The van der Waals surface area contributed by atoms with Crippen LogP contribution in [0.3, 0.4) is 0 Å². The van der Waals surface area contributed by atoms with E-state index in [0.29, 0.717) is 5.92 Å². The van der Waals surface area contributed by atoms with Gasteiger partial charge in [0.2, 0.25) is 0 Å². The number of benzene rings is 2. The van der Waals surface area contributed by atoms with Crippen molar-refractivity contribution in [2.24, 2.45) is 5.92 Å². The Kier molecular flexibility index (Phi) is 4.87. The molecule has 0 N–H and O–H groups in total. The second kappa shape index (κ2) is 7.31. The zero-order chi connectivity index (χ0) is 18.9. The van der Waals surface area contributed by atoms with Crippen LogP contribution in [0.15, 0.2) is 54.6 Å². The summed E-state index contributed by atoms with van der Waals surface area (Å²) in [6.07, 6.45) is 1.63. The summed E-state index contributed by atoms with van der Waals surface area (Å²) < 4.78 is 21.3. The van der Waals surface area contributed by atoms with Crippen LogP contribution in [0.5, 0.6) is 0 Å². The maximum atomic E-state index is 14.4. The number of amides is 1. The Labute approximate surface area is 159 Å². The summed E-state index contributed by atoms with van der Waals surface area (Å²) in [5.41, 5.74) is 1.19. The van der Waals surface area contributed by atoms with Gasteiger partial charge in [0.05, 0.1) is 32.4 Å². The Hall–Kier alpha value is -2.40. The lowest BCUT2D eigenvalue weighted by Gasteiger charge is -2.49. The monoisotopic (exact) mass is 369 g/mol. The van der Waals surface area contributed by atoms with Gasteiger partial charge in [-0.25, -0.2) is 9.18 Å². The highest BCUT2D eigenvalue weighted by molar-refractivity contribution is 5.87. The van der Waals surface area contributed by atoms with Gasteiger partial charge in [0.25, 0.3) is 0 Å². The summed E-state index contributed by atoms with van der Waals surface area (Å²) in [6.45, 7) is 3.44. The number of anilines is 1. The zero-order valence-electron chi connectivity index (χ0n) is 15.7. The summed E-state index contributed by atoms with van der Waals surface area (Å²) in [4.78, 5) is 14.5. The molecule has 4 nitrogen and oxygen atoms in total. The van der Waals surface area contributed by atoms with Crippen molar-refractivity contribution in [1.82, 2.24) is 0 Å². The lowest BCUT2D eigenvalue weighted by molar-refractivity contribution is -0.928. The number of ether oxygens (including phenoxy) is 1. The first-order chi connectivity index (χ1) is 13.0. The molecule has 0 saturated carbocycles. The minimum atomic E-state index is -0.464. The van der Waals surface area contributed by atoms with E-state index in [9.17, 15) is 9.18 Å². The number of piperidine rings is 3. The Morgan fingerprint density at radius 3 is 2.44 bits per heavy atom. The van der Waals surface area contributed by atoms with Gasteiger partial charge in [-0.15, -0.1) is 0 Å². The van der Waals surface area contributed by atoms with E-state index < -0.39 is 11.9 Å². The third-order valence-corrected chi connectivity index (χ3v) is 6.03. The molecule has 3 saturated heterocycles. The van der Waals surface area contributed by atoms with Crippen molar-refractivity contribution in [2.45, 2.75) is 25.5 Å². The Balaban J connectivity index is 1.56. The van der Waals surface area contributed by atoms with E-state index in [1.54, 1.807) is 18.2 Å². The van der Waals surface area contributed by atoms with Gasteiger partial charge in [-0.2, -0.15) is 0 Å². The van der Waals surface area contributed by atoms with E-state index >= 15 is 0 Å². The van der Waals surface area contributed by atoms with Crippen molar-refractivity contribution in [3.05, 3.63) is 66.0 Å². The fourth-order valence-electron chi connectivity index (χ4n) is 4.36. The third kappa shape index (κ3) is 3.83. The normalized spacial score (nSPS) is 26.6. The lowest BCUT2D eigenvalue weighted by atomic mass is 9.84. The number of carbonyl (C=O) groups is 1. The molecule has 1 unspecified atom stereocenters. The van der Waals surface area contributed by atoms with Crippen LogP contribution in [0.1, 0.15) is 18.4 Å². The summed E-state index contributed by atoms with van der Waals surface area (Å²) in [5.74, 6) is 0.00591. The molecule has 0 spiro atoms. The summed E-state index contributed by atoms with van der Waals surface area (Å²) in [7, 11) is 2.23. The quantitative estimate of drug-likeness (QED) is 0.756. The number of hydrogen-bond acceptors (Lipinski definition) is 2. The van der Waals surface area contributed by atoms with Crippen molar-refractivity contribution in [3.8, 4) is 0 Å². The van der Waals surface area contributed by atoms with Gasteiger partial charge in [-0.05, 0) is 17.7 Å². The fourth-order valence-corrected chi connectivity index (χ4v) is 4.36. The molecule has 27 heavy (non-hydrogen) atoms. The predicted octanol–water partition coefficient (Wildman–Crippen LogP) is 4.21. The largest absolute Gasteiger partial charge is 0.440 e. The van der Waals surface area contributed by atoms with Crippen molar-refractivity contribution in [2.75, 3.05) is 31.6 Å². The second-order valence-electron chi connectivity index (χ2n) is 8.03. The third-order valence-electron chi connectivity index (χ3n) is 6.03. The number of hydrogen-bond donors (Lipinski definition) is 0. The van der Waals surface area contributed by atoms with Crippen molar-refractivity contribution in [3.63, 3.8) is 0 Å². The number of quaternary nitrogens is 1. The highest BCUT2D eigenvalue weighted by Gasteiger charge is 2.45. The number of carbonyl (C=O) groups excluding carboxylic acids is 1. The topological polar surface area (TPSA) is 29.5 Å². The SMILES string of the molecule is C[N+]12CCC(CC1)C(OC(=O)N(Cc1ccccc1)c1ccccc1F)C2. The zero-order valence-corrected chi connectivity index (χ0v) is 15.7. The molecular formula is C22H26FN2O2+. The standard InChI is InChI=1S/C22H26FN2O2/c1-25-13-11-18(12-14-25)21(16-25)27-22(26)24(15-17-7-3-2-4-8-17)20-10-6-5-9-19(20)23/h2-10,18,21H,11-16H2,1H3/q+1. The maximum Gasteiger partial charge on any atom is 0.415 e. The molecule has 5 rings (SSSR count). The van der Waals surface area contributed by atoms with Crippen LogP contribution in [0, 0.1) is 11.7 Å². The average molecular weight is 369 g/mol. The summed E-state index contributed by atoms with van der Waals surface area (Å²) >= 11 is 0. The predicted molar refractivity (Wildman–Crippen MR) is 103 cm³/mol. The Morgan fingerprint density at radius 1 is 1.11 bits per heavy atom. The first kappa shape index (κ1) is 18.0. The van der Waals surface area contributed by atoms with E-state index in [1.165, 1.54) is 11.0 Å². The van der Waals surface area contributed by atoms with Gasteiger partial charge in [0.15, 0.2) is 6.10 Å². The molecule has 3 aliphatic rings. The van der Waals surface area contributed by atoms with Crippen LogP contribution in [0.25, 0.3) is 0 Å². The Bertz CT molecular complexity index is 803. The number of likely N-dealkylation sites (N-methyl/N-ethyl adjacent to an activating group) is 1. The van der Waals surface area contributed by atoms with Crippen LogP contribution in [-0.4, -0.2) is 43.4 Å².